The van der Waals surface area contributed by atoms with Gasteiger partial charge in [-0.3, -0.25) is 14.6 Å². The van der Waals surface area contributed by atoms with E-state index >= 15 is 0 Å². The van der Waals surface area contributed by atoms with Crippen LogP contribution in [0.25, 0.3) is 0 Å². The monoisotopic (exact) mass is 212 g/mol. The van der Waals surface area contributed by atoms with Gasteiger partial charge in [0.2, 0.25) is 0 Å². The average molecular weight is 212 g/mol. The van der Waals surface area contributed by atoms with Crippen LogP contribution < -0.4 is 0 Å². The molecule has 2 aliphatic heterocycles. The Labute approximate surface area is 91.2 Å². The summed E-state index contributed by atoms with van der Waals surface area (Å²) in [6, 6.07) is 0.678. The molecule has 0 aromatic rings. The molecule has 1 atom stereocenters. The zero-order valence-electron chi connectivity index (χ0n) is 9.45. The number of hydrogen-bond donors (Lipinski definition) is 0. The van der Waals surface area contributed by atoms with Crippen molar-refractivity contribution >= 4 is 5.97 Å². The van der Waals surface area contributed by atoms with Crippen LogP contribution in [-0.2, 0) is 9.53 Å². The van der Waals surface area contributed by atoms with Gasteiger partial charge in [-0.05, 0) is 19.4 Å². The zero-order valence-corrected chi connectivity index (χ0v) is 9.45. The molecule has 2 saturated heterocycles. The molecule has 0 aliphatic carbocycles. The minimum absolute atomic E-state index is 0.112. The van der Waals surface area contributed by atoms with Crippen LogP contribution in [0.2, 0.25) is 0 Å². The van der Waals surface area contributed by atoms with Crippen molar-refractivity contribution in [1.82, 2.24) is 9.80 Å². The Morgan fingerprint density at radius 3 is 3.00 bits per heavy atom. The predicted octanol–water partition coefficient (Wildman–Crippen LogP) is 0.329. The fourth-order valence-corrected chi connectivity index (χ4v) is 2.61. The fraction of sp³-hybridized carbons (Fsp3) is 0.909. The summed E-state index contributed by atoms with van der Waals surface area (Å²) in [6.07, 6.45) is 3.97. The number of nitrogens with zero attached hydrogens (tertiary/aromatic N) is 2. The van der Waals surface area contributed by atoms with Gasteiger partial charge in [0.05, 0.1) is 13.7 Å². The Morgan fingerprint density at radius 2 is 2.20 bits per heavy atom. The van der Waals surface area contributed by atoms with Gasteiger partial charge in [0.25, 0.3) is 0 Å². The molecule has 2 fully saturated rings. The van der Waals surface area contributed by atoms with Crippen molar-refractivity contribution in [3.8, 4) is 0 Å². The highest BCUT2D eigenvalue weighted by atomic mass is 16.5. The molecule has 0 saturated carbocycles. The third-order valence-electron chi connectivity index (χ3n) is 3.50. The number of rotatable bonds is 2. The number of piperidine rings is 1. The second-order valence-electron chi connectivity index (χ2n) is 4.50. The molecule has 0 bridgehead atoms. The first-order valence-corrected chi connectivity index (χ1v) is 5.83. The second kappa shape index (κ2) is 4.94. The zero-order chi connectivity index (χ0) is 10.7. The van der Waals surface area contributed by atoms with Crippen molar-refractivity contribution in [3.63, 3.8) is 0 Å². The van der Waals surface area contributed by atoms with Crippen molar-refractivity contribution in [3.05, 3.63) is 0 Å². The van der Waals surface area contributed by atoms with Gasteiger partial charge in [0, 0.05) is 25.7 Å². The minimum Gasteiger partial charge on any atom is -0.468 e. The van der Waals surface area contributed by atoms with E-state index in [1.165, 1.54) is 32.9 Å². The highest BCUT2D eigenvalue weighted by Crippen LogP contribution is 2.20. The summed E-state index contributed by atoms with van der Waals surface area (Å²) < 4.78 is 4.69. The molecule has 4 heteroatoms. The van der Waals surface area contributed by atoms with E-state index in [-0.39, 0.29) is 5.97 Å². The molecule has 15 heavy (non-hydrogen) atoms. The normalized spacial score (nSPS) is 28.5. The number of carbonyl (C=O) groups is 1. The predicted molar refractivity (Wildman–Crippen MR) is 57.7 cm³/mol. The lowest BCUT2D eigenvalue weighted by molar-refractivity contribution is -0.142. The van der Waals surface area contributed by atoms with Gasteiger partial charge in [-0.25, -0.2) is 0 Å². The standard InChI is InChI=1S/C11H20N2O2/c1-15-11(14)9-12-6-7-13-5-3-2-4-10(13)8-12/h10H,2-9H2,1H3. The van der Waals surface area contributed by atoms with Gasteiger partial charge in [0.1, 0.15) is 0 Å². The molecule has 0 spiro atoms. The Bertz CT molecular complexity index is 233. The van der Waals surface area contributed by atoms with Crippen LogP contribution in [0.4, 0.5) is 0 Å². The van der Waals surface area contributed by atoms with E-state index in [1.54, 1.807) is 0 Å². The summed E-state index contributed by atoms with van der Waals surface area (Å²) >= 11 is 0. The van der Waals surface area contributed by atoms with E-state index in [1.807, 2.05) is 0 Å². The molecule has 0 aromatic heterocycles. The number of hydrogen-bond acceptors (Lipinski definition) is 4. The van der Waals surface area contributed by atoms with Crippen molar-refractivity contribution in [2.45, 2.75) is 25.3 Å². The molecule has 1 unspecified atom stereocenters. The Hall–Kier alpha value is -0.610. The van der Waals surface area contributed by atoms with E-state index in [4.69, 9.17) is 4.74 Å². The van der Waals surface area contributed by atoms with Crippen molar-refractivity contribution in [2.24, 2.45) is 0 Å². The van der Waals surface area contributed by atoms with Crippen LogP contribution in [0.1, 0.15) is 19.3 Å². The van der Waals surface area contributed by atoms with Crippen LogP contribution >= 0.6 is 0 Å². The fourth-order valence-electron chi connectivity index (χ4n) is 2.61. The number of fused-ring (bicyclic) bond motifs is 1. The maximum Gasteiger partial charge on any atom is 0.319 e. The van der Waals surface area contributed by atoms with Crippen molar-refractivity contribution in [2.75, 3.05) is 39.8 Å². The van der Waals surface area contributed by atoms with E-state index in [0.29, 0.717) is 12.6 Å². The van der Waals surface area contributed by atoms with Crippen LogP contribution in [0.15, 0.2) is 0 Å². The van der Waals surface area contributed by atoms with E-state index < -0.39 is 0 Å². The topological polar surface area (TPSA) is 32.8 Å². The maximum absolute atomic E-state index is 11.2. The second-order valence-corrected chi connectivity index (χ2v) is 4.50. The third-order valence-corrected chi connectivity index (χ3v) is 3.50. The number of ether oxygens (including phenoxy) is 1. The van der Waals surface area contributed by atoms with E-state index in [9.17, 15) is 4.79 Å². The van der Waals surface area contributed by atoms with Crippen LogP contribution in [0, 0.1) is 0 Å². The van der Waals surface area contributed by atoms with Crippen molar-refractivity contribution < 1.29 is 9.53 Å². The SMILES string of the molecule is COC(=O)CN1CCN2CCCCC2C1. The summed E-state index contributed by atoms with van der Waals surface area (Å²) in [5.41, 5.74) is 0. The highest BCUT2D eigenvalue weighted by molar-refractivity contribution is 5.71. The van der Waals surface area contributed by atoms with Gasteiger partial charge < -0.3 is 4.74 Å². The van der Waals surface area contributed by atoms with Gasteiger partial charge >= 0.3 is 5.97 Å². The Kier molecular flexibility index (Phi) is 3.59. The molecule has 86 valence electrons. The number of methoxy groups -OCH3 is 1. The molecular formula is C11H20N2O2. The largest absolute Gasteiger partial charge is 0.468 e. The third kappa shape index (κ3) is 2.69. The van der Waals surface area contributed by atoms with Crippen LogP contribution in [0.3, 0.4) is 0 Å². The maximum atomic E-state index is 11.2. The number of carbonyl (C=O) groups excluding carboxylic acids is 1. The quantitative estimate of drug-likeness (QED) is 0.618. The van der Waals surface area contributed by atoms with Gasteiger partial charge in [-0.1, -0.05) is 6.42 Å². The lowest BCUT2D eigenvalue weighted by Gasteiger charge is -2.43. The first-order valence-electron chi connectivity index (χ1n) is 5.83. The molecule has 0 amide bonds. The van der Waals surface area contributed by atoms with Gasteiger partial charge in [-0.2, -0.15) is 0 Å². The molecule has 4 nitrogen and oxygen atoms in total. The average Bonchev–Trinajstić information content (AvgIpc) is 2.29. The minimum atomic E-state index is -0.112. The first-order chi connectivity index (χ1) is 7.29. The van der Waals surface area contributed by atoms with Gasteiger partial charge in [-0.15, -0.1) is 0 Å². The molecular weight excluding hydrogens is 192 g/mol. The Morgan fingerprint density at radius 1 is 1.33 bits per heavy atom. The molecule has 2 rings (SSSR count). The molecule has 0 aromatic carbocycles. The Balaban J connectivity index is 1.83. The molecule has 2 aliphatic rings. The number of esters is 1. The van der Waals surface area contributed by atoms with Crippen LogP contribution in [0.5, 0.6) is 0 Å². The van der Waals surface area contributed by atoms with Gasteiger partial charge in [0.15, 0.2) is 0 Å². The summed E-state index contributed by atoms with van der Waals surface area (Å²) in [6.45, 7) is 4.86. The summed E-state index contributed by atoms with van der Waals surface area (Å²) in [7, 11) is 1.46. The molecule has 0 N–H and O–H groups in total. The lowest BCUT2D eigenvalue weighted by Crippen LogP contribution is -2.55. The molecule has 2 heterocycles. The first kappa shape index (κ1) is 10.9. The van der Waals surface area contributed by atoms with Crippen molar-refractivity contribution in [1.29, 1.82) is 0 Å². The van der Waals surface area contributed by atoms with E-state index in [0.717, 1.165) is 19.6 Å². The number of piperazine rings is 1. The smallest absolute Gasteiger partial charge is 0.319 e. The molecule has 0 radical (unpaired) electrons. The highest BCUT2D eigenvalue weighted by Gasteiger charge is 2.29. The summed E-state index contributed by atoms with van der Waals surface area (Å²) in [4.78, 5) is 15.9. The summed E-state index contributed by atoms with van der Waals surface area (Å²) in [5, 5.41) is 0. The van der Waals surface area contributed by atoms with Crippen LogP contribution in [-0.4, -0.2) is 61.6 Å². The lowest BCUT2D eigenvalue weighted by atomic mass is 9.99. The summed E-state index contributed by atoms with van der Waals surface area (Å²) in [5.74, 6) is -0.112. The van der Waals surface area contributed by atoms with E-state index in [2.05, 4.69) is 9.80 Å².